The smallest absolute Gasteiger partial charge is 0.407 e. The van der Waals surface area contributed by atoms with Crippen LogP contribution < -0.4 is 10.6 Å². The van der Waals surface area contributed by atoms with Crippen molar-refractivity contribution in [2.24, 2.45) is 5.92 Å². The second-order valence-corrected chi connectivity index (χ2v) is 14.6. The summed E-state index contributed by atoms with van der Waals surface area (Å²) in [7, 11) is 2.56. The van der Waals surface area contributed by atoms with Crippen LogP contribution in [-0.2, 0) is 19.1 Å². The molecule has 2 aliphatic rings. The van der Waals surface area contributed by atoms with Crippen molar-refractivity contribution in [1.29, 1.82) is 0 Å². The van der Waals surface area contributed by atoms with Gasteiger partial charge < -0.3 is 39.9 Å². The van der Waals surface area contributed by atoms with Crippen molar-refractivity contribution in [1.82, 2.24) is 40.4 Å². The summed E-state index contributed by atoms with van der Waals surface area (Å²) in [5, 5.41) is 5.39. The number of nitrogens with one attached hydrogen (secondary N) is 4. The van der Waals surface area contributed by atoms with E-state index in [9.17, 15) is 19.2 Å². The maximum absolute atomic E-state index is 13.9. The first-order valence-corrected chi connectivity index (χ1v) is 19.2. The van der Waals surface area contributed by atoms with Crippen LogP contribution in [0.3, 0.4) is 0 Å². The predicted molar refractivity (Wildman–Crippen MR) is 212 cm³/mol. The SMILES string of the molecule is COC(=O)NC(C(=O)N1CCCC1c1nc2ccc(C#Cc3ccc(-c4cnc(C5CCCN5C(=O)C(NC(=O)OC)C(C)C)[nH]4)cc3)cc2[nH]1)c1ccccc1. The van der Waals surface area contributed by atoms with Crippen molar-refractivity contribution in [2.45, 2.75) is 63.7 Å². The van der Waals surface area contributed by atoms with Crippen molar-refractivity contribution in [2.75, 3.05) is 27.3 Å². The van der Waals surface area contributed by atoms with Gasteiger partial charge in [0, 0.05) is 24.2 Å². The number of imidazole rings is 2. The van der Waals surface area contributed by atoms with Crippen molar-refractivity contribution >= 4 is 35.0 Å². The molecule has 0 saturated carbocycles. The molecule has 294 valence electrons. The molecule has 14 heteroatoms. The number of likely N-dealkylation sites (tertiary alicyclic amines) is 2. The van der Waals surface area contributed by atoms with Gasteiger partial charge in [-0.3, -0.25) is 9.59 Å². The fraction of sp³-hybridized carbons (Fsp3) is 0.349. The molecule has 4 unspecified atom stereocenters. The van der Waals surface area contributed by atoms with Crippen molar-refractivity contribution in [3.8, 4) is 23.1 Å². The Morgan fingerprint density at radius 2 is 1.40 bits per heavy atom. The molecular weight excluding hydrogens is 725 g/mol. The average Bonchev–Trinajstić information content (AvgIpc) is 4.07. The Balaban J connectivity index is 1.02. The average molecular weight is 771 g/mol. The summed E-state index contributed by atoms with van der Waals surface area (Å²) in [6.07, 6.45) is 3.62. The molecule has 3 aromatic carbocycles. The maximum Gasteiger partial charge on any atom is 0.407 e. The monoisotopic (exact) mass is 770 g/mol. The number of methoxy groups -OCH3 is 2. The lowest BCUT2D eigenvalue weighted by Crippen LogP contribution is -2.51. The zero-order valence-corrected chi connectivity index (χ0v) is 32.4. The number of rotatable bonds is 9. The first kappa shape index (κ1) is 38.6. The van der Waals surface area contributed by atoms with Crippen LogP contribution in [0.25, 0.3) is 22.3 Å². The molecule has 14 nitrogen and oxygen atoms in total. The highest BCUT2D eigenvalue weighted by molar-refractivity contribution is 5.88. The number of nitrogens with zero attached hydrogens (tertiary/aromatic N) is 4. The third-order valence-electron chi connectivity index (χ3n) is 10.6. The molecule has 5 aromatic rings. The van der Waals surface area contributed by atoms with E-state index in [-0.39, 0.29) is 29.8 Å². The topological polar surface area (TPSA) is 175 Å². The second-order valence-electron chi connectivity index (χ2n) is 14.6. The molecule has 0 aliphatic carbocycles. The van der Waals surface area contributed by atoms with Crippen LogP contribution in [0.2, 0.25) is 0 Å². The number of carbonyl (C=O) groups excluding carboxylic acids is 4. The van der Waals surface area contributed by atoms with Gasteiger partial charge in [0.05, 0.1) is 49.2 Å². The summed E-state index contributed by atoms with van der Waals surface area (Å²) in [6, 6.07) is 20.7. The molecule has 7 rings (SSSR count). The number of hydrogen-bond acceptors (Lipinski definition) is 8. The second kappa shape index (κ2) is 17.0. The Bertz CT molecular complexity index is 2310. The minimum atomic E-state index is -0.890. The number of benzene rings is 3. The van der Waals surface area contributed by atoms with Crippen molar-refractivity contribution in [3.05, 3.63) is 107 Å². The van der Waals surface area contributed by atoms with Crippen molar-refractivity contribution in [3.63, 3.8) is 0 Å². The number of hydrogen-bond donors (Lipinski definition) is 4. The third kappa shape index (κ3) is 8.47. The summed E-state index contributed by atoms with van der Waals surface area (Å²) in [5.41, 5.74) is 5.67. The Kier molecular flexibility index (Phi) is 11.5. The van der Waals surface area contributed by atoms with E-state index in [1.165, 1.54) is 14.2 Å². The normalized spacial score (nSPS) is 17.5. The lowest BCUT2D eigenvalue weighted by molar-refractivity contribution is -0.135. The number of H-pyrrole nitrogens is 2. The summed E-state index contributed by atoms with van der Waals surface area (Å²) < 4.78 is 9.57. The molecule has 0 spiro atoms. The number of alkyl carbamates (subject to hydrolysis) is 2. The molecule has 0 radical (unpaired) electrons. The van der Waals surface area contributed by atoms with E-state index < -0.39 is 24.3 Å². The quantitative estimate of drug-likeness (QED) is 0.129. The minimum absolute atomic E-state index is 0.112. The molecule has 2 aromatic heterocycles. The number of amides is 4. The van der Waals surface area contributed by atoms with Crippen LogP contribution in [0.4, 0.5) is 9.59 Å². The summed E-state index contributed by atoms with van der Waals surface area (Å²) in [5.74, 6) is 7.41. The minimum Gasteiger partial charge on any atom is -0.453 e. The molecule has 2 fully saturated rings. The van der Waals surface area contributed by atoms with Crippen LogP contribution in [-0.4, -0.2) is 87.1 Å². The molecule has 4 atom stereocenters. The number of aromatic amines is 2. The highest BCUT2D eigenvalue weighted by atomic mass is 16.5. The standard InChI is InChI=1S/C43H46N8O6/c1-26(2)36(48-42(54)56-3)40(52)50-22-8-12-34(50)38-44-25-33(47-38)29-19-16-27(17-20-29)14-15-28-18-21-31-32(24-28)46-39(45-31)35-13-9-23-51(35)41(53)37(49-43(55)57-4)30-10-6-5-7-11-30/h5-7,10-11,16-21,24-26,34-37H,8-9,12-13,22-23H2,1-4H3,(H,44,47)(H,45,46)(H,48,54)(H,49,55). The molecule has 57 heavy (non-hydrogen) atoms. The number of aromatic nitrogens is 4. The van der Waals surface area contributed by atoms with E-state index in [1.807, 2.05) is 86.6 Å². The van der Waals surface area contributed by atoms with E-state index in [0.717, 1.165) is 59.1 Å². The fourth-order valence-electron chi connectivity index (χ4n) is 7.58. The zero-order chi connectivity index (χ0) is 40.1. The van der Waals surface area contributed by atoms with Gasteiger partial charge in [-0.25, -0.2) is 19.6 Å². The van der Waals surface area contributed by atoms with Gasteiger partial charge in [0.15, 0.2) is 0 Å². The van der Waals surface area contributed by atoms with E-state index in [0.29, 0.717) is 30.3 Å². The Labute approximate surface area is 330 Å². The molecule has 4 amide bonds. The number of carbonyl (C=O) groups is 4. The van der Waals surface area contributed by atoms with E-state index in [2.05, 4.69) is 37.4 Å². The molecule has 4 heterocycles. The van der Waals surface area contributed by atoms with Gasteiger partial charge in [-0.1, -0.05) is 68.2 Å². The van der Waals surface area contributed by atoms with Gasteiger partial charge in [-0.2, -0.15) is 0 Å². The van der Waals surface area contributed by atoms with E-state index in [1.54, 1.807) is 16.0 Å². The van der Waals surface area contributed by atoms with Crippen LogP contribution in [0, 0.1) is 17.8 Å². The summed E-state index contributed by atoms with van der Waals surface area (Å²) in [6.45, 7) is 4.91. The van der Waals surface area contributed by atoms with Gasteiger partial charge in [0.25, 0.3) is 5.91 Å². The largest absolute Gasteiger partial charge is 0.453 e. The van der Waals surface area contributed by atoms with Crippen LogP contribution in [0.5, 0.6) is 0 Å². The third-order valence-corrected chi connectivity index (χ3v) is 10.6. The molecule has 2 saturated heterocycles. The van der Waals surface area contributed by atoms with Gasteiger partial charge in [-0.15, -0.1) is 0 Å². The van der Waals surface area contributed by atoms with Crippen molar-refractivity contribution < 1.29 is 28.7 Å². The Morgan fingerprint density at radius 1 is 0.772 bits per heavy atom. The van der Waals surface area contributed by atoms with Crippen LogP contribution in [0.1, 0.15) is 86.0 Å². The van der Waals surface area contributed by atoms with Crippen LogP contribution >= 0.6 is 0 Å². The number of fused-ring (bicyclic) bond motifs is 1. The van der Waals surface area contributed by atoms with Gasteiger partial charge >= 0.3 is 12.2 Å². The van der Waals surface area contributed by atoms with E-state index >= 15 is 0 Å². The highest BCUT2D eigenvalue weighted by Gasteiger charge is 2.38. The molecule has 0 bridgehead atoms. The fourth-order valence-corrected chi connectivity index (χ4v) is 7.58. The van der Waals surface area contributed by atoms with Gasteiger partial charge in [-0.05, 0) is 73.1 Å². The number of ether oxygens (including phenoxy) is 2. The lowest BCUT2D eigenvalue weighted by atomic mass is 10.0. The van der Waals surface area contributed by atoms with Crippen LogP contribution in [0.15, 0.2) is 79.0 Å². The Morgan fingerprint density at radius 3 is 2.09 bits per heavy atom. The molecule has 2 aliphatic heterocycles. The maximum atomic E-state index is 13.9. The highest BCUT2D eigenvalue weighted by Crippen LogP contribution is 2.35. The summed E-state index contributed by atoms with van der Waals surface area (Å²) in [4.78, 5) is 71.5. The van der Waals surface area contributed by atoms with E-state index in [4.69, 9.17) is 14.5 Å². The van der Waals surface area contributed by atoms with Gasteiger partial charge in [0.1, 0.15) is 23.7 Å². The predicted octanol–water partition coefficient (Wildman–Crippen LogP) is 6.16. The zero-order valence-electron chi connectivity index (χ0n) is 32.4. The first-order chi connectivity index (χ1) is 27.6. The van der Waals surface area contributed by atoms with Gasteiger partial charge in [0.2, 0.25) is 5.91 Å². The molecular formula is C43H46N8O6. The summed E-state index contributed by atoms with van der Waals surface area (Å²) >= 11 is 0. The Hall–Kier alpha value is -6.62. The molecule has 4 N–H and O–H groups in total. The first-order valence-electron chi connectivity index (χ1n) is 19.2. The lowest BCUT2D eigenvalue weighted by Gasteiger charge is -2.30.